The molecule has 1 saturated heterocycles. The molecule has 0 spiro atoms. The Morgan fingerprint density at radius 2 is 2.06 bits per heavy atom. The van der Waals surface area contributed by atoms with E-state index < -0.39 is 0 Å². The summed E-state index contributed by atoms with van der Waals surface area (Å²) in [6.45, 7) is 3.04. The lowest BCUT2D eigenvalue weighted by Gasteiger charge is -2.27. The number of hydrogen-bond acceptors (Lipinski definition) is 3. The predicted octanol–water partition coefficient (Wildman–Crippen LogP) is -0.569. The molecule has 1 N–H and O–H groups in total. The van der Waals surface area contributed by atoms with E-state index in [1.165, 1.54) is 10.6 Å². The summed E-state index contributed by atoms with van der Waals surface area (Å²) in [5.74, 6) is -0.0563. The van der Waals surface area contributed by atoms with E-state index in [0.29, 0.717) is 18.7 Å². The number of nitrogens with one attached hydrogen (secondary N) is 1. The van der Waals surface area contributed by atoms with E-state index in [4.69, 9.17) is 0 Å². The van der Waals surface area contributed by atoms with Crippen LogP contribution in [0.1, 0.15) is 10.4 Å². The fourth-order valence-electron chi connectivity index (χ4n) is 1.73. The first-order valence-electron chi connectivity index (χ1n) is 5.35. The van der Waals surface area contributed by atoms with E-state index in [1.54, 1.807) is 24.2 Å². The minimum Gasteiger partial charge on any atom is -0.336 e. The van der Waals surface area contributed by atoms with Gasteiger partial charge < -0.3 is 14.8 Å². The molecule has 86 valence electrons. The molecule has 1 aromatic rings. The number of carbonyl (C=O) groups is 1. The molecule has 0 unspecified atom stereocenters. The van der Waals surface area contributed by atoms with Crippen LogP contribution in [-0.2, 0) is 7.05 Å². The van der Waals surface area contributed by atoms with Crippen LogP contribution in [0.4, 0.5) is 0 Å². The molecule has 2 heterocycles. The summed E-state index contributed by atoms with van der Waals surface area (Å²) in [4.78, 5) is 25.2. The Kier molecular flexibility index (Phi) is 3.05. The standard InChI is InChI=1S/C11H15N3O2/c1-13-5-2-9(8-10(13)15)11(16)14-6-3-12-4-7-14/h2,5,8,12H,3-4,6-7H2,1H3. The van der Waals surface area contributed by atoms with Crippen LogP contribution >= 0.6 is 0 Å². The van der Waals surface area contributed by atoms with Gasteiger partial charge in [-0.15, -0.1) is 0 Å². The molecule has 5 nitrogen and oxygen atoms in total. The van der Waals surface area contributed by atoms with Crippen molar-refractivity contribution in [1.82, 2.24) is 14.8 Å². The lowest BCUT2D eigenvalue weighted by Crippen LogP contribution is -2.46. The highest BCUT2D eigenvalue weighted by Gasteiger charge is 2.17. The summed E-state index contributed by atoms with van der Waals surface area (Å²) in [7, 11) is 1.67. The second kappa shape index (κ2) is 4.49. The molecular weight excluding hydrogens is 206 g/mol. The summed E-state index contributed by atoms with van der Waals surface area (Å²) >= 11 is 0. The monoisotopic (exact) mass is 221 g/mol. The van der Waals surface area contributed by atoms with Crippen molar-refractivity contribution in [3.8, 4) is 0 Å². The minimum atomic E-state index is -0.152. The Bertz CT molecular complexity index is 447. The number of aromatic nitrogens is 1. The van der Waals surface area contributed by atoms with E-state index in [9.17, 15) is 9.59 Å². The molecule has 0 aliphatic carbocycles. The van der Waals surface area contributed by atoms with Gasteiger partial charge in [0.1, 0.15) is 0 Å². The van der Waals surface area contributed by atoms with Crippen LogP contribution in [0.25, 0.3) is 0 Å². The summed E-state index contributed by atoms with van der Waals surface area (Å²) in [5, 5.41) is 3.18. The average molecular weight is 221 g/mol. The fourth-order valence-corrected chi connectivity index (χ4v) is 1.73. The van der Waals surface area contributed by atoms with Crippen LogP contribution < -0.4 is 10.9 Å². The van der Waals surface area contributed by atoms with E-state index in [0.717, 1.165) is 13.1 Å². The number of nitrogens with zero attached hydrogens (tertiary/aromatic N) is 2. The van der Waals surface area contributed by atoms with Gasteiger partial charge in [0, 0.05) is 51.1 Å². The van der Waals surface area contributed by atoms with Gasteiger partial charge >= 0.3 is 0 Å². The lowest BCUT2D eigenvalue weighted by atomic mass is 10.2. The van der Waals surface area contributed by atoms with Crippen molar-refractivity contribution in [1.29, 1.82) is 0 Å². The molecule has 0 radical (unpaired) electrons. The maximum atomic E-state index is 12.0. The molecule has 0 saturated carbocycles. The Labute approximate surface area is 93.7 Å². The molecule has 16 heavy (non-hydrogen) atoms. The Hall–Kier alpha value is -1.62. The number of carbonyl (C=O) groups excluding carboxylic acids is 1. The number of pyridine rings is 1. The smallest absolute Gasteiger partial charge is 0.254 e. The zero-order chi connectivity index (χ0) is 11.5. The van der Waals surface area contributed by atoms with Gasteiger partial charge in [-0.25, -0.2) is 0 Å². The molecule has 0 aromatic carbocycles. The number of amides is 1. The van der Waals surface area contributed by atoms with Gasteiger partial charge in [-0.2, -0.15) is 0 Å². The highest BCUT2D eigenvalue weighted by atomic mass is 16.2. The molecule has 1 aromatic heterocycles. The van der Waals surface area contributed by atoms with Gasteiger partial charge in [-0.3, -0.25) is 9.59 Å². The van der Waals surface area contributed by atoms with Gasteiger partial charge in [0.2, 0.25) is 0 Å². The Morgan fingerprint density at radius 3 is 2.69 bits per heavy atom. The third-order valence-corrected chi connectivity index (χ3v) is 2.76. The third kappa shape index (κ3) is 2.14. The number of aryl methyl sites for hydroxylation is 1. The van der Waals surface area contributed by atoms with Gasteiger partial charge in [0.05, 0.1) is 0 Å². The number of rotatable bonds is 1. The number of piperazine rings is 1. The highest BCUT2D eigenvalue weighted by molar-refractivity contribution is 5.94. The topological polar surface area (TPSA) is 54.3 Å². The molecule has 0 atom stereocenters. The summed E-state index contributed by atoms with van der Waals surface area (Å²) in [6.07, 6.45) is 1.62. The van der Waals surface area contributed by atoms with Crippen LogP contribution in [0.5, 0.6) is 0 Å². The second-order valence-corrected chi connectivity index (χ2v) is 3.91. The molecule has 1 aliphatic heterocycles. The summed E-state index contributed by atoms with van der Waals surface area (Å²) < 4.78 is 1.45. The molecule has 1 amide bonds. The van der Waals surface area contributed by atoms with E-state index in [1.807, 2.05) is 0 Å². The van der Waals surface area contributed by atoms with Crippen LogP contribution in [-0.4, -0.2) is 41.6 Å². The van der Waals surface area contributed by atoms with Crippen LogP contribution in [0.15, 0.2) is 23.1 Å². The van der Waals surface area contributed by atoms with E-state index >= 15 is 0 Å². The van der Waals surface area contributed by atoms with Crippen molar-refractivity contribution in [2.24, 2.45) is 7.05 Å². The fraction of sp³-hybridized carbons (Fsp3) is 0.455. The van der Waals surface area contributed by atoms with Crippen LogP contribution in [0.3, 0.4) is 0 Å². The van der Waals surface area contributed by atoms with Gasteiger partial charge in [-0.05, 0) is 6.07 Å². The van der Waals surface area contributed by atoms with Crippen LogP contribution in [0, 0.1) is 0 Å². The molecule has 0 bridgehead atoms. The van der Waals surface area contributed by atoms with Crippen molar-refractivity contribution in [3.63, 3.8) is 0 Å². The highest BCUT2D eigenvalue weighted by Crippen LogP contribution is 2.03. The Morgan fingerprint density at radius 1 is 1.38 bits per heavy atom. The first kappa shape index (κ1) is 10.9. The average Bonchev–Trinajstić information content (AvgIpc) is 2.33. The first-order valence-corrected chi connectivity index (χ1v) is 5.35. The maximum Gasteiger partial charge on any atom is 0.254 e. The van der Waals surface area contributed by atoms with Crippen LogP contribution in [0.2, 0.25) is 0 Å². The largest absolute Gasteiger partial charge is 0.336 e. The van der Waals surface area contributed by atoms with Crippen molar-refractivity contribution in [3.05, 3.63) is 34.2 Å². The quantitative estimate of drug-likeness (QED) is 0.691. The third-order valence-electron chi connectivity index (χ3n) is 2.76. The normalized spacial score (nSPS) is 16.2. The number of hydrogen-bond donors (Lipinski definition) is 1. The molecular formula is C11H15N3O2. The van der Waals surface area contributed by atoms with Crippen molar-refractivity contribution in [2.75, 3.05) is 26.2 Å². The minimum absolute atomic E-state index is 0.0563. The zero-order valence-corrected chi connectivity index (χ0v) is 9.27. The molecule has 2 rings (SSSR count). The Balaban J connectivity index is 2.19. The lowest BCUT2D eigenvalue weighted by molar-refractivity contribution is 0.0735. The van der Waals surface area contributed by atoms with Gasteiger partial charge in [0.25, 0.3) is 11.5 Å². The van der Waals surface area contributed by atoms with Crippen molar-refractivity contribution in [2.45, 2.75) is 0 Å². The van der Waals surface area contributed by atoms with Gasteiger partial charge in [0.15, 0.2) is 0 Å². The second-order valence-electron chi connectivity index (χ2n) is 3.91. The molecule has 5 heteroatoms. The van der Waals surface area contributed by atoms with E-state index in [2.05, 4.69) is 5.32 Å². The van der Waals surface area contributed by atoms with Crippen molar-refractivity contribution >= 4 is 5.91 Å². The van der Waals surface area contributed by atoms with Gasteiger partial charge in [-0.1, -0.05) is 0 Å². The first-order chi connectivity index (χ1) is 7.68. The SMILES string of the molecule is Cn1ccc(C(=O)N2CCNCC2)cc1=O. The summed E-state index contributed by atoms with van der Waals surface area (Å²) in [5.41, 5.74) is 0.325. The summed E-state index contributed by atoms with van der Waals surface area (Å²) in [6, 6.07) is 3.08. The molecule has 1 aliphatic rings. The van der Waals surface area contributed by atoms with E-state index in [-0.39, 0.29) is 11.5 Å². The zero-order valence-electron chi connectivity index (χ0n) is 9.27. The maximum absolute atomic E-state index is 12.0. The molecule has 1 fully saturated rings. The van der Waals surface area contributed by atoms with Crippen molar-refractivity contribution < 1.29 is 4.79 Å². The predicted molar refractivity (Wildman–Crippen MR) is 60.5 cm³/mol.